The van der Waals surface area contributed by atoms with E-state index in [1.165, 1.54) is 0 Å². The molecule has 7 N–H and O–H groups in total. The number of rotatable bonds is 12. The molecule has 0 spiro atoms. The molecule has 0 aromatic carbocycles. The van der Waals surface area contributed by atoms with Crippen molar-refractivity contribution in [2.75, 3.05) is 39.8 Å². The number of guanidine groups is 2. The van der Waals surface area contributed by atoms with Gasteiger partial charge in [-0.15, -0.1) is 0 Å². The molecule has 0 saturated carbocycles. The van der Waals surface area contributed by atoms with E-state index >= 15 is 0 Å². The van der Waals surface area contributed by atoms with Crippen molar-refractivity contribution in [1.29, 1.82) is 0 Å². The minimum atomic E-state index is -0.503. The van der Waals surface area contributed by atoms with E-state index in [1.54, 1.807) is 0 Å². The highest BCUT2D eigenvalue weighted by molar-refractivity contribution is 5.82. The van der Waals surface area contributed by atoms with Crippen molar-refractivity contribution in [3.05, 3.63) is 0 Å². The average molecular weight is 411 g/mol. The zero-order valence-electron chi connectivity index (χ0n) is 18.8. The van der Waals surface area contributed by atoms with Crippen LogP contribution in [0.1, 0.15) is 59.3 Å². The van der Waals surface area contributed by atoms with Crippen LogP contribution in [-0.2, 0) is 4.79 Å². The van der Waals surface area contributed by atoms with Gasteiger partial charge in [0.25, 0.3) is 0 Å². The van der Waals surface area contributed by atoms with Crippen LogP contribution in [0.15, 0.2) is 9.98 Å². The largest absolute Gasteiger partial charge is 0.370 e. The summed E-state index contributed by atoms with van der Waals surface area (Å²) in [7, 11) is 2.11. The minimum absolute atomic E-state index is 0.0593. The Morgan fingerprint density at radius 3 is 2.48 bits per heavy atom. The van der Waals surface area contributed by atoms with Gasteiger partial charge >= 0.3 is 0 Å². The number of likely N-dealkylation sites (N-methyl/N-ethyl adjacent to an activating group) is 1. The van der Waals surface area contributed by atoms with Gasteiger partial charge in [-0.3, -0.25) is 9.79 Å². The first-order valence-electron chi connectivity index (χ1n) is 10.7. The maximum atomic E-state index is 12.0. The summed E-state index contributed by atoms with van der Waals surface area (Å²) in [6, 6.07) is -0.503. The van der Waals surface area contributed by atoms with E-state index in [2.05, 4.69) is 47.9 Å². The zero-order valence-corrected chi connectivity index (χ0v) is 18.8. The van der Waals surface area contributed by atoms with Crippen LogP contribution in [0.25, 0.3) is 0 Å². The Bertz CT molecular complexity index is 551. The second kappa shape index (κ2) is 12.5. The highest BCUT2D eigenvalue weighted by Gasteiger charge is 2.25. The molecule has 1 aliphatic heterocycles. The summed E-state index contributed by atoms with van der Waals surface area (Å²) < 4.78 is 0. The molecular weight excluding hydrogens is 368 g/mol. The Balaban J connectivity index is 2.13. The molecule has 1 saturated heterocycles. The van der Waals surface area contributed by atoms with Gasteiger partial charge in [0.2, 0.25) is 5.91 Å². The first-order chi connectivity index (χ1) is 13.6. The lowest BCUT2D eigenvalue weighted by Gasteiger charge is -2.24. The van der Waals surface area contributed by atoms with E-state index in [4.69, 9.17) is 22.2 Å². The Hall–Kier alpha value is -2.03. The van der Waals surface area contributed by atoms with Crippen molar-refractivity contribution in [2.24, 2.45) is 27.2 Å². The van der Waals surface area contributed by atoms with Crippen LogP contribution < -0.4 is 22.5 Å². The van der Waals surface area contributed by atoms with Crippen molar-refractivity contribution in [3.8, 4) is 0 Å². The summed E-state index contributed by atoms with van der Waals surface area (Å²) in [5.74, 6) is 1.08. The van der Waals surface area contributed by atoms with E-state index < -0.39 is 6.04 Å². The number of aliphatic imine (C=N–C) groups is 2. The van der Waals surface area contributed by atoms with Crippen LogP contribution in [0, 0.1) is 0 Å². The van der Waals surface area contributed by atoms with Crippen LogP contribution in [0.3, 0.4) is 0 Å². The fraction of sp³-hybridized carbons (Fsp3) is 0.850. The summed E-state index contributed by atoms with van der Waals surface area (Å²) >= 11 is 0. The topological polar surface area (TPSA) is 138 Å². The highest BCUT2D eigenvalue weighted by atomic mass is 16.2. The predicted octanol–water partition coefficient (Wildman–Crippen LogP) is 0.446. The van der Waals surface area contributed by atoms with Crippen molar-refractivity contribution in [2.45, 2.75) is 70.9 Å². The summed E-state index contributed by atoms with van der Waals surface area (Å²) in [6.07, 6.45) is 5.60. The lowest BCUT2D eigenvalue weighted by atomic mass is 10.1. The van der Waals surface area contributed by atoms with Gasteiger partial charge in [0.1, 0.15) is 0 Å². The lowest BCUT2D eigenvalue weighted by Crippen LogP contribution is -2.41. The van der Waals surface area contributed by atoms with Gasteiger partial charge in [-0.2, -0.15) is 0 Å². The summed E-state index contributed by atoms with van der Waals surface area (Å²) in [6.45, 7) is 10.7. The Kier molecular flexibility index (Phi) is 10.8. The first kappa shape index (κ1) is 25.0. The van der Waals surface area contributed by atoms with Crippen molar-refractivity contribution in [3.63, 3.8) is 0 Å². The average Bonchev–Trinajstić information content (AvgIpc) is 2.95. The maximum Gasteiger partial charge on any atom is 0.236 e. The molecule has 0 bridgehead atoms. The standard InChI is InChI=1S/C20H42N8O/c1-20(2,3)26-19-27(4)14-15-28(19)13-8-6-5-7-11-24-17(29)16(21)10-9-12-25-18(22)23/h16H,5-15,21H2,1-4H3,(H,24,29)(H4,22,23,25). The number of nitrogens with zero attached hydrogens (tertiary/aromatic N) is 4. The van der Waals surface area contributed by atoms with Crippen LogP contribution in [0.2, 0.25) is 0 Å². The predicted molar refractivity (Wildman–Crippen MR) is 121 cm³/mol. The minimum Gasteiger partial charge on any atom is -0.370 e. The quantitative estimate of drug-likeness (QED) is 0.209. The van der Waals surface area contributed by atoms with Crippen LogP contribution in [0.5, 0.6) is 0 Å². The van der Waals surface area contributed by atoms with Gasteiger partial charge in [-0.05, 0) is 46.5 Å². The van der Waals surface area contributed by atoms with Gasteiger partial charge in [-0.1, -0.05) is 12.8 Å². The molecule has 1 rings (SSSR count). The third-order valence-electron chi connectivity index (χ3n) is 4.72. The van der Waals surface area contributed by atoms with E-state index in [9.17, 15) is 4.79 Å². The number of unbranched alkanes of at least 4 members (excludes halogenated alkanes) is 3. The third-order valence-corrected chi connectivity index (χ3v) is 4.72. The van der Waals surface area contributed by atoms with Crippen molar-refractivity contribution >= 4 is 17.8 Å². The number of nitrogens with one attached hydrogen (secondary N) is 1. The molecule has 1 atom stereocenters. The molecule has 1 unspecified atom stereocenters. The van der Waals surface area contributed by atoms with Gasteiger partial charge in [0, 0.05) is 39.8 Å². The molecule has 29 heavy (non-hydrogen) atoms. The molecule has 168 valence electrons. The lowest BCUT2D eigenvalue weighted by molar-refractivity contribution is -0.122. The van der Waals surface area contributed by atoms with E-state index in [-0.39, 0.29) is 17.4 Å². The van der Waals surface area contributed by atoms with E-state index in [0.29, 0.717) is 25.9 Å². The van der Waals surface area contributed by atoms with Crippen LogP contribution in [-0.4, -0.2) is 79.0 Å². The number of carbonyl (C=O) groups excluding carboxylic acids is 1. The Labute approximate surface area is 176 Å². The molecule has 1 aliphatic rings. The number of amides is 1. The summed E-state index contributed by atoms with van der Waals surface area (Å²) in [5.41, 5.74) is 16.4. The molecule has 0 aromatic heterocycles. The molecular formula is C20H42N8O. The molecule has 0 radical (unpaired) electrons. The zero-order chi connectivity index (χ0) is 21.9. The monoisotopic (exact) mass is 410 g/mol. The second-order valence-corrected chi connectivity index (χ2v) is 8.75. The smallest absolute Gasteiger partial charge is 0.236 e. The molecule has 9 nitrogen and oxygen atoms in total. The first-order valence-corrected chi connectivity index (χ1v) is 10.7. The van der Waals surface area contributed by atoms with Gasteiger partial charge in [0.15, 0.2) is 11.9 Å². The Morgan fingerprint density at radius 1 is 1.14 bits per heavy atom. The van der Waals surface area contributed by atoms with Crippen LogP contribution >= 0.6 is 0 Å². The fourth-order valence-corrected chi connectivity index (χ4v) is 3.15. The summed E-state index contributed by atoms with van der Waals surface area (Å²) in [5, 5.41) is 2.92. The van der Waals surface area contributed by atoms with Crippen molar-refractivity contribution in [1.82, 2.24) is 15.1 Å². The molecule has 0 aromatic rings. The SMILES string of the molecule is CN1CCN(CCCCCCNC(=O)C(N)CCCN=C(N)N)C1=NC(C)(C)C. The van der Waals surface area contributed by atoms with Crippen LogP contribution in [0.4, 0.5) is 0 Å². The normalized spacial score (nSPS) is 16.9. The number of hydrogen-bond acceptors (Lipinski definition) is 4. The van der Waals surface area contributed by atoms with Gasteiger partial charge in [0.05, 0.1) is 11.6 Å². The second-order valence-electron chi connectivity index (χ2n) is 8.75. The number of carbonyl (C=O) groups is 1. The van der Waals surface area contributed by atoms with Gasteiger partial charge < -0.3 is 32.3 Å². The van der Waals surface area contributed by atoms with E-state index in [1.807, 2.05) is 0 Å². The maximum absolute atomic E-state index is 12.0. The molecule has 9 heteroatoms. The van der Waals surface area contributed by atoms with Gasteiger partial charge in [-0.25, -0.2) is 4.99 Å². The number of hydrogen-bond donors (Lipinski definition) is 4. The summed E-state index contributed by atoms with van der Waals surface area (Å²) in [4.78, 5) is 25.3. The van der Waals surface area contributed by atoms with E-state index in [0.717, 1.165) is 51.3 Å². The van der Waals surface area contributed by atoms with Crippen molar-refractivity contribution < 1.29 is 4.79 Å². The highest BCUT2D eigenvalue weighted by Crippen LogP contribution is 2.15. The fourth-order valence-electron chi connectivity index (χ4n) is 3.15. The molecule has 1 heterocycles. The molecule has 1 amide bonds. The third kappa shape index (κ3) is 10.9. The number of nitrogens with two attached hydrogens (primary N) is 3. The molecule has 0 aliphatic carbocycles. The Morgan fingerprint density at radius 2 is 1.83 bits per heavy atom. The molecule has 1 fully saturated rings.